The number of hydrogen-bond donors (Lipinski definition) is 6. The van der Waals surface area contributed by atoms with Gasteiger partial charge in [-0.1, -0.05) is 242 Å². The van der Waals surface area contributed by atoms with Crippen molar-refractivity contribution < 1.29 is 39.8 Å². The summed E-state index contributed by atoms with van der Waals surface area (Å²) in [6.45, 7) is 3.78. The van der Waals surface area contributed by atoms with Crippen LogP contribution in [-0.4, -0.2) is 87.5 Å². The van der Waals surface area contributed by atoms with Gasteiger partial charge in [-0.05, 0) is 70.6 Å². The molecule has 0 aromatic carbocycles. The standard InChI is InChI=1S/C60H111NO8/c1-3-5-7-9-11-13-15-17-19-21-23-25-27-28-30-32-34-36-38-40-42-44-46-48-50-56(64)61-53(52-68-60-59(67)58(66)57(65)55(51-62)69-60)54(63)49-47-45-43-41-39-37-35-33-31-29-26-24-22-20-18-16-14-12-10-8-6-4-2/h28,30-31,33,39,41,47,49,53-55,57-60,62-63,65-67H,3-27,29,32,34-38,40,42-46,48,50-52H2,1-2H3,(H,61,64)/b30-28-,33-31+,41-39+,49-47+. The third kappa shape index (κ3) is 39.4. The summed E-state index contributed by atoms with van der Waals surface area (Å²) in [7, 11) is 0. The number of carbonyl (C=O) groups excluding carboxylic acids is 1. The molecular weight excluding hydrogens is 863 g/mol. The van der Waals surface area contributed by atoms with Crippen molar-refractivity contribution in [2.75, 3.05) is 13.2 Å². The first-order chi connectivity index (χ1) is 33.8. The van der Waals surface area contributed by atoms with Crippen LogP contribution < -0.4 is 5.32 Å². The fraction of sp³-hybridized carbons (Fsp3) is 0.850. The van der Waals surface area contributed by atoms with Crippen LogP contribution in [0.2, 0.25) is 0 Å². The maximum Gasteiger partial charge on any atom is 0.220 e. The van der Waals surface area contributed by atoms with E-state index in [1.54, 1.807) is 6.08 Å². The van der Waals surface area contributed by atoms with E-state index in [1.807, 2.05) is 6.08 Å². The molecule has 69 heavy (non-hydrogen) atoms. The highest BCUT2D eigenvalue weighted by atomic mass is 16.7. The number of carbonyl (C=O) groups is 1. The quantitative estimate of drug-likeness (QED) is 0.0261. The molecule has 1 aliphatic rings. The van der Waals surface area contributed by atoms with Crippen molar-refractivity contribution in [2.24, 2.45) is 0 Å². The molecule has 1 rings (SSSR count). The van der Waals surface area contributed by atoms with Crippen LogP contribution in [0.1, 0.15) is 271 Å². The molecule has 0 radical (unpaired) electrons. The molecule has 1 saturated heterocycles. The molecule has 1 aliphatic heterocycles. The predicted octanol–water partition coefficient (Wildman–Crippen LogP) is 14.5. The van der Waals surface area contributed by atoms with E-state index in [2.05, 4.69) is 55.6 Å². The predicted molar refractivity (Wildman–Crippen MR) is 290 cm³/mol. The minimum Gasteiger partial charge on any atom is -0.394 e. The molecule has 1 heterocycles. The van der Waals surface area contributed by atoms with Gasteiger partial charge in [0.2, 0.25) is 5.91 Å². The van der Waals surface area contributed by atoms with Gasteiger partial charge < -0.3 is 40.3 Å². The van der Waals surface area contributed by atoms with Gasteiger partial charge in [0.1, 0.15) is 24.4 Å². The number of allylic oxidation sites excluding steroid dienone is 7. The highest BCUT2D eigenvalue weighted by Crippen LogP contribution is 2.23. The average molecular weight is 975 g/mol. The van der Waals surface area contributed by atoms with Crippen LogP contribution in [0.25, 0.3) is 0 Å². The van der Waals surface area contributed by atoms with Crippen LogP contribution >= 0.6 is 0 Å². The van der Waals surface area contributed by atoms with E-state index in [0.29, 0.717) is 6.42 Å². The zero-order chi connectivity index (χ0) is 50.1. The molecule has 404 valence electrons. The molecule has 1 amide bonds. The second-order valence-corrected chi connectivity index (χ2v) is 20.4. The number of unbranched alkanes of at least 4 members (excludes halogenated alkanes) is 34. The van der Waals surface area contributed by atoms with Crippen molar-refractivity contribution in [2.45, 2.75) is 314 Å². The largest absolute Gasteiger partial charge is 0.394 e. The Kier molecular flexibility index (Phi) is 47.0. The summed E-state index contributed by atoms with van der Waals surface area (Å²) >= 11 is 0. The van der Waals surface area contributed by atoms with Gasteiger partial charge >= 0.3 is 0 Å². The van der Waals surface area contributed by atoms with Crippen molar-refractivity contribution in [3.05, 3.63) is 48.6 Å². The first kappa shape index (κ1) is 65.2. The van der Waals surface area contributed by atoms with Gasteiger partial charge in [-0.2, -0.15) is 0 Å². The summed E-state index contributed by atoms with van der Waals surface area (Å²) in [6.07, 6.45) is 58.9. The molecule has 9 heteroatoms. The van der Waals surface area contributed by atoms with Gasteiger partial charge in [-0.25, -0.2) is 0 Å². The van der Waals surface area contributed by atoms with Gasteiger partial charge in [-0.3, -0.25) is 4.79 Å². The second-order valence-electron chi connectivity index (χ2n) is 20.4. The fourth-order valence-electron chi connectivity index (χ4n) is 9.18. The number of amides is 1. The lowest BCUT2D eigenvalue weighted by Crippen LogP contribution is -2.60. The summed E-state index contributed by atoms with van der Waals surface area (Å²) < 4.78 is 11.3. The summed E-state index contributed by atoms with van der Waals surface area (Å²) in [5.74, 6) is -0.192. The number of nitrogens with one attached hydrogen (secondary N) is 1. The van der Waals surface area contributed by atoms with E-state index in [9.17, 15) is 30.3 Å². The molecular formula is C60H111NO8. The van der Waals surface area contributed by atoms with E-state index in [0.717, 1.165) is 44.9 Å². The number of rotatable bonds is 50. The smallest absolute Gasteiger partial charge is 0.220 e. The van der Waals surface area contributed by atoms with Crippen LogP contribution in [0.5, 0.6) is 0 Å². The van der Waals surface area contributed by atoms with Gasteiger partial charge in [0.25, 0.3) is 0 Å². The molecule has 7 atom stereocenters. The minimum absolute atomic E-state index is 0.192. The molecule has 9 nitrogen and oxygen atoms in total. The maximum atomic E-state index is 13.1. The Morgan fingerprint density at radius 1 is 0.478 bits per heavy atom. The molecule has 0 aromatic rings. The lowest BCUT2D eigenvalue weighted by molar-refractivity contribution is -0.302. The van der Waals surface area contributed by atoms with E-state index in [1.165, 1.54) is 205 Å². The average Bonchev–Trinajstić information content (AvgIpc) is 3.35. The van der Waals surface area contributed by atoms with Crippen LogP contribution in [0.4, 0.5) is 0 Å². The molecule has 0 spiro atoms. The third-order valence-electron chi connectivity index (χ3n) is 13.9. The Bertz CT molecular complexity index is 1220. The lowest BCUT2D eigenvalue weighted by Gasteiger charge is -2.40. The first-order valence-electron chi connectivity index (χ1n) is 29.4. The Labute approximate surface area is 424 Å². The topological polar surface area (TPSA) is 149 Å². The normalized spacial score (nSPS) is 19.8. The number of ether oxygens (including phenoxy) is 2. The number of hydrogen-bond acceptors (Lipinski definition) is 8. The first-order valence-corrected chi connectivity index (χ1v) is 29.4. The Hall–Kier alpha value is -1.85. The van der Waals surface area contributed by atoms with Gasteiger partial charge in [0.15, 0.2) is 6.29 Å². The molecule has 6 N–H and O–H groups in total. The molecule has 0 aromatic heterocycles. The molecule has 1 fully saturated rings. The van der Waals surface area contributed by atoms with E-state index in [-0.39, 0.29) is 12.5 Å². The molecule has 0 bridgehead atoms. The highest BCUT2D eigenvalue weighted by molar-refractivity contribution is 5.76. The Morgan fingerprint density at radius 3 is 1.22 bits per heavy atom. The van der Waals surface area contributed by atoms with Gasteiger partial charge in [-0.15, -0.1) is 0 Å². The number of aliphatic hydroxyl groups is 5. The molecule has 0 aliphatic carbocycles. The van der Waals surface area contributed by atoms with Gasteiger partial charge in [0, 0.05) is 6.42 Å². The zero-order valence-electron chi connectivity index (χ0n) is 44.8. The lowest BCUT2D eigenvalue weighted by atomic mass is 9.99. The van der Waals surface area contributed by atoms with E-state index < -0.39 is 49.5 Å². The van der Waals surface area contributed by atoms with E-state index in [4.69, 9.17) is 9.47 Å². The fourth-order valence-corrected chi connectivity index (χ4v) is 9.18. The highest BCUT2D eigenvalue weighted by Gasteiger charge is 2.44. The summed E-state index contributed by atoms with van der Waals surface area (Å²) in [5, 5.41) is 54.5. The van der Waals surface area contributed by atoms with Crippen molar-refractivity contribution >= 4 is 5.91 Å². The Morgan fingerprint density at radius 2 is 0.826 bits per heavy atom. The van der Waals surface area contributed by atoms with Crippen LogP contribution in [0.3, 0.4) is 0 Å². The summed E-state index contributed by atoms with van der Waals surface area (Å²) in [4.78, 5) is 13.1. The van der Waals surface area contributed by atoms with Crippen LogP contribution in [0.15, 0.2) is 48.6 Å². The van der Waals surface area contributed by atoms with Crippen LogP contribution in [0, 0.1) is 0 Å². The minimum atomic E-state index is -1.58. The summed E-state index contributed by atoms with van der Waals surface area (Å²) in [6, 6.07) is -0.831. The maximum absolute atomic E-state index is 13.1. The molecule has 7 unspecified atom stereocenters. The SMILES string of the molecule is CCCCCCCCCCCCCC/C=C\CCCCCCCCCCC(=O)NC(COC1OC(CO)C(O)C(O)C1O)C(O)/C=C/CC/C=C/CC/C=C/CCCCCCCCCCCCCC. The Balaban J connectivity index is 2.26. The van der Waals surface area contributed by atoms with Crippen molar-refractivity contribution in [1.82, 2.24) is 5.32 Å². The third-order valence-corrected chi connectivity index (χ3v) is 13.9. The van der Waals surface area contributed by atoms with Crippen molar-refractivity contribution in [1.29, 1.82) is 0 Å². The molecule has 0 saturated carbocycles. The van der Waals surface area contributed by atoms with E-state index >= 15 is 0 Å². The summed E-state index contributed by atoms with van der Waals surface area (Å²) in [5.41, 5.74) is 0. The number of aliphatic hydroxyl groups excluding tert-OH is 5. The van der Waals surface area contributed by atoms with Crippen molar-refractivity contribution in [3.63, 3.8) is 0 Å². The monoisotopic (exact) mass is 974 g/mol. The zero-order valence-corrected chi connectivity index (χ0v) is 44.8. The van der Waals surface area contributed by atoms with Crippen LogP contribution in [-0.2, 0) is 14.3 Å². The van der Waals surface area contributed by atoms with Gasteiger partial charge in [0.05, 0.1) is 25.4 Å². The second kappa shape index (κ2) is 49.7. The van der Waals surface area contributed by atoms with Crippen molar-refractivity contribution in [3.8, 4) is 0 Å².